The molecular formula is C18H34IN5O. The van der Waals surface area contributed by atoms with Crippen LogP contribution in [0.3, 0.4) is 0 Å². The fourth-order valence-electron chi connectivity index (χ4n) is 3.53. The molecule has 0 saturated carbocycles. The second-order valence-corrected chi connectivity index (χ2v) is 7.37. The quantitative estimate of drug-likeness (QED) is 0.400. The second kappa shape index (κ2) is 9.75. The van der Waals surface area contributed by atoms with Crippen LogP contribution in [-0.2, 0) is 0 Å². The zero-order valence-corrected chi connectivity index (χ0v) is 18.9. The van der Waals surface area contributed by atoms with Crippen LogP contribution in [0.1, 0.15) is 50.6 Å². The zero-order valence-electron chi connectivity index (χ0n) is 16.6. The van der Waals surface area contributed by atoms with Crippen molar-refractivity contribution in [2.45, 2.75) is 59.5 Å². The highest BCUT2D eigenvalue weighted by atomic mass is 127. The Labute approximate surface area is 169 Å². The van der Waals surface area contributed by atoms with E-state index in [0.29, 0.717) is 23.9 Å². The molecule has 1 saturated heterocycles. The highest BCUT2D eigenvalue weighted by Gasteiger charge is 2.31. The summed E-state index contributed by atoms with van der Waals surface area (Å²) in [5, 5.41) is 11.1. The number of rotatable bonds is 5. The third-order valence-electron chi connectivity index (χ3n) is 5.07. The van der Waals surface area contributed by atoms with Gasteiger partial charge in [0.25, 0.3) is 0 Å². The van der Waals surface area contributed by atoms with Crippen LogP contribution in [0, 0.1) is 19.8 Å². The third kappa shape index (κ3) is 5.57. The lowest BCUT2D eigenvalue weighted by molar-refractivity contribution is 0.265. The van der Waals surface area contributed by atoms with Gasteiger partial charge in [0.05, 0.1) is 5.69 Å². The van der Waals surface area contributed by atoms with Crippen molar-refractivity contribution in [1.82, 2.24) is 20.7 Å². The molecule has 1 aliphatic rings. The Morgan fingerprint density at radius 3 is 2.48 bits per heavy atom. The van der Waals surface area contributed by atoms with E-state index in [1.54, 1.807) is 0 Å². The van der Waals surface area contributed by atoms with Crippen molar-refractivity contribution in [2.75, 3.05) is 26.7 Å². The van der Waals surface area contributed by atoms with Gasteiger partial charge in [-0.15, -0.1) is 24.0 Å². The maximum absolute atomic E-state index is 5.28. The lowest BCUT2D eigenvalue weighted by Crippen LogP contribution is -2.47. The van der Waals surface area contributed by atoms with Crippen LogP contribution in [0.4, 0.5) is 0 Å². The van der Waals surface area contributed by atoms with Gasteiger partial charge in [-0.3, -0.25) is 9.89 Å². The van der Waals surface area contributed by atoms with E-state index in [1.807, 2.05) is 20.9 Å². The molecule has 3 unspecified atom stereocenters. The van der Waals surface area contributed by atoms with Crippen molar-refractivity contribution in [3.8, 4) is 0 Å². The van der Waals surface area contributed by atoms with E-state index in [4.69, 9.17) is 4.52 Å². The molecule has 25 heavy (non-hydrogen) atoms. The van der Waals surface area contributed by atoms with Crippen LogP contribution in [0.5, 0.6) is 0 Å². The van der Waals surface area contributed by atoms with Gasteiger partial charge in [0.1, 0.15) is 5.76 Å². The molecule has 1 aromatic heterocycles. The normalized spacial score (nSPS) is 22.8. The number of hydrogen-bond donors (Lipinski definition) is 2. The summed E-state index contributed by atoms with van der Waals surface area (Å²) in [7, 11) is 1.83. The van der Waals surface area contributed by atoms with Crippen molar-refractivity contribution in [2.24, 2.45) is 10.9 Å². The molecule has 2 heterocycles. The van der Waals surface area contributed by atoms with E-state index in [1.165, 1.54) is 5.56 Å². The minimum absolute atomic E-state index is 0. The van der Waals surface area contributed by atoms with Crippen LogP contribution in [0.15, 0.2) is 9.52 Å². The first-order chi connectivity index (χ1) is 11.3. The van der Waals surface area contributed by atoms with Crippen LogP contribution >= 0.6 is 24.0 Å². The highest BCUT2D eigenvalue weighted by Crippen LogP contribution is 2.22. The van der Waals surface area contributed by atoms with E-state index in [9.17, 15) is 0 Å². The molecule has 1 aliphatic heterocycles. The van der Waals surface area contributed by atoms with Crippen LogP contribution in [0.2, 0.25) is 0 Å². The number of aliphatic imine (C=N–C) groups is 1. The molecule has 144 valence electrons. The molecule has 1 fully saturated rings. The van der Waals surface area contributed by atoms with Crippen LogP contribution in [-0.4, -0.2) is 54.8 Å². The zero-order chi connectivity index (χ0) is 17.9. The summed E-state index contributed by atoms with van der Waals surface area (Å²) < 4.78 is 5.28. The molecule has 0 aliphatic carbocycles. The standard InChI is InChI=1S/C18H33N5O.HI/c1-11(2)23-9-13(4)16(10-23)21-18(19-7)20-8-12(3)17-14(5)22-24-15(17)6;/h11-13,16H,8-10H2,1-7H3,(H2,19,20,21);1H. The van der Waals surface area contributed by atoms with Gasteiger partial charge in [0.2, 0.25) is 0 Å². The number of likely N-dealkylation sites (tertiary alicyclic amines) is 1. The molecule has 1 aromatic rings. The number of nitrogens with one attached hydrogen (secondary N) is 2. The predicted molar refractivity (Wildman–Crippen MR) is 114 cm³/mol. The SMILES string of the molecule is CN=C(NCC(C)c1c(C)noc1C)NC1CN(C(C)C)CC1C.I. The first-order valence-electron chi connectivity index (χ1n) is 8.97. The monoisotopic (exact) mass is 463 g/mol. The van der Waals surface area contributed by atoms with E-state index in [0.717, 1.165) is 37.0 Å². The van der Waals surface area contributed by atoms with E-state index in [2.05, 4.69) is 53.4 Å². The van der Waals surface area contributed by atoms with E-state index >= 15 is 0 Å². The molecule has 0 aromatic carbocycles. The molecule has 0 bridgehead atoms. The molecule has 6 nitrogen and oxygen atoms in total. The summed E-state index contributed by atoms with van der Waals surface area (Å²) in [4.78, 5) is 6.91. The van der Waals surface area contributed by atoms with Gasteiger partial charge >= 0.3 is 0 Å². The number of guanidine groups is 1. The van der Waals surface area contributed by atoms with Crippen molar-refractivity contribution < 1.29 is 4.52 Å². The molecule has 2 N–H and O–H groups in total. The maximum atomic E-state index is 5.28. The molecule has 0 radical (unpaired) electrons. The Balaban J connectivity index is 0.00000312. The van der Waals surface area contributed by atoms with Gasteiger partial charge in [-0.25, -0.2) is 0 Å². The van der Waals surface area contributed by atoms with Crippen LogP contribution < -0.4 is 10.6 Å². The van der Waals surface area contributed by atoms with Crippen molar-refractivity contribution >= 4 is 29.9 Å². The number of aryl methyl sites for hydroxylation is 2. The molecular weight excluding hydrogens is 429 g/mol. The Morgan fingerprint density at radius 2 is 2.00 bits per heavy atom. The molecule has 3 atom stereocenters. The number of hydrogen-bond acceptors (Lipinski definition) is 4. The van der Waals surface area contributed by atoms with Crippen molar-refractivity contribution in [3.05, 3.63) is 17.0 Å². The Hall–Kier alpha value is -0.830. The summed E-state index contributed by atoms with van der Waals surface area (Å²) in [6.45, 7) is 16.0. The topological polar surface area (TPSA) is 65.7 Å². The minimum atomic E-state index is 0. The van der Waals surface area contributed by atoms with Gasteiger partial charge in [-0.05, 0) is 33.6 Å². The Kier molecular flexibility index (Phi) is 8.67. The molecule has 0 amide bonds. The van der Waals surface area contributed by atoms with Crippen molar-refractivity contribution in [1.29, 1.82) is 0 Å². The molecule has 0 spiro atoms. The maximum Gasteiger partial charge on any atom is 0.191 e. The first kappa shape index (κ1) is 22.2. The average molecular weight is 463 g/mol. The summed E-state index contributed by atoms with van der Waals surface area (Å²) in [6, 6.07) is 1.03. The number of halogens is 1. The van der Waals surface area contributed by atoms with E-state index in [-0.39, 0.29) is 24.0 Å². The average Bonchev–Trinajstić information content (AvgIpc) is 3.06. The van der Waals surface area contributed by atoms with Crippen molar-refractivity contribution in [3.63, 3.8) is 0 Å². The highest BCUT2D eigenvalue weighted by molar-refractivity contribution is 14.0. The number of nitrogens with zero attached hydrogens (tertiary/aromatic N) is 3. The lowest BCUT2D eigenvalue weighted by Gasteiger charge is -2.22. The third-order valence-corrected chi connectivity index (χ3v) is 5.07. The largest absolute Gasteiger partial charge is 0.361 e. The van der Waals surface area contributed by atoms with Gasteiger partial charge < -0.3 is 15.2 Å². The second-order valence-electron chi connectivity index (χ2n) is 7.37. The van der Waals surface area contributed by atoms with Gasteiger partial charge in [-0.2, -0.15) is 0 Å². The van der Waals surface area contributed by atoms with E-state index < -0.39 is 0 Å². The minimum Gasteiger partial charge on any atom is -0.361 e. The summed E-state index contributed by atoms with van der Waals surface area (Å²) in [5.41, 5.74) is 2.17. The lowest BCUT2D eigenvalue weighted by atomic mass is 10.00. The van der Waals surface area contributed by atoms with Gasteiger partial charge in [0.15, 0.2) is 5.96 Å². The molecule has 2 rings (SSSR count). The predicted octanol–water partition coefficient (Wildman–Crippen LogP) is 2.91. The van der Waals surface area contributed by atoms with Gasteiger partial charge in [0, 0.05) is 50.2 Å². The molecule has 7 heteroatoms. The summed E-state index contributed by atoms with van der Waals surface area (Å²) in [6.07, 6.45) is 0. The fraction of sp³-hybridized carbons (Fsp3) is 0.778. The fourth-order valence-corrected chi connectivity index (χ4v) is 3.53. The number of aromatic nitrogens is 1. The van der Waals surface area contributed by atoms with Crippen LogP contribution in [0.25, 0.3) is 0 Å². The Morgan fingerprint density at radius 1 is 1.32 bits per heavy atom. The summed E-state index contributed by atoms with van der Waals surface area (Å²) in [5.74, 6) is 2.71. The van der Waals surface area contributed by atoms with Gasteiger partial charge in [-0.1, -0.05) is 19.0 Å². The summed E-state index contributed by atoms with van der Waals surface area (Å²) >= 11 is 0. The first-order valence-corrected chi connectivity index (χ1v) is 8.97. The smallest absolute Gasteiger partial charge is 0.191 e. The Bertz CT molecular complexity index is 552.